The summed E-state index contributed by atoms with van der Waals surface area (Å²) in [5.74, 6) is 0.0446. The van der Waals surface area contributed by atoms with Gasteiger partial charge < -0.3 is 10.1 Å². The van der Waals surface area contributed by atoms with Gasteiger partial charge in [0.1, 0.15) is 0 Å². The van der Waals surface area contributed by atoms with E-state index in [1.165, 1.54) is 6.92 Å². The minimum absolute atomic E-state index is 0.0446. The van der Waals surface area contributed by atoms with Crippen LogP contribution in [0, 0.1) is 0 Å². The fourth-order valence-electron chi connectivity index (χ4n) is 0.750. The average molecular weight is 285 g/mol. The van der Waals surface area contributed by atoms with Crippen LogP contribution in [-0.4, -0.2) is 30.1 Å². The number of ether oxygens (including phenoxy) is 1. The number of carbonyl (C=O) groups excluding carboxylic acids is 1. The van der Waals surface area contributed by atoms with E-state index in [0.717, 1.165) is 37.0 Å². The highest BCUT2D eigenvalue weighted by atomic mass is 127. The average Bonchev–Trinajstić information content (AvgIpc) is 2.02. The Morgan fingerprint density at radius 3 is 2.75 bits per heavy atom. The molecule has 0 radical (unpaired) electrons. The van der Waals surface area contributed by atoms with Gasteiger partial charge >= 0.3 is 0 Å². The number of alkyl halides is 1. The van der Waals surface area contributed by atoms with Crippen molar-refractivity contribution in [2.24, 2.45) is 0 Å². The monoisotopic (exact) mass is 285 g/mol. The summed E-state index contributed by atoms with van der Waals surface area (Å²) in [5, 5.41) is 2.74. The Hall–Kier alpha value is 0.160. The smallest absolute Gasteiger partial charge is 0.216 e. The summed E-state index contributed by atoms with van der Waals surface area (Å²) in [5.41, 5.74) is 0. The van der Waals surface area contributed by atoms with Crippen LogP contribution >= 0.6 is 22.6 Å². The molecule has 0 unspecified atom stereocenters. The van der Waals surface area contributed by atoms with Gasteiger partial charge in [0.25, 0.3) is 0 Å². The molecule has 0 spiro atoms. The van der Waals surface area contributed by atoms with Crippen molar-refractivity contribution in [1.29, 1.82) is 0 Å². The van der Waals surface area contributed by atoms with Crippen LogP contribution in [0.4, 0.5) is 0 Å². The minimum atomic E-state index is 0.0446. The lowest BCUT2D eigenvalue weighted by atomic mass is 10.3. The van der Waals surface area contributed by atoms with E-state index in [1.54, 1.807) is 0 Å². The van der Waals surface area contributed by atoms with Crippen molar-refractivity contribution in [1.82, 2.24) is 5.32 Å². The molecule has 0 bridgehead atoms. The van der Waals surface area contributed by atoms with Crippen molar-refractivity contribution in [2.45, 2.75) is 19.8 Å². The Kier molecular flexibility index (Phi) is 9.37. The number of unbranched alkanes of at least 4 members (excludes halogenated alkanes) is 1. The Morgan fingerprint density at radius 2 is 2.17 bits per heavy atom. The topological polar surface area (TPSA) is 38.3 Å². The first kappa shape index (κ1) is 12.2. The largest absolute Gasteiger partial charge is 0.381 e. The van der Waals surface area contributed by atoms with Gasteiger partial charge in [-0.15, -0.1) is 0 Å². The second-order valence-corrected chi connectivity index (χ2v) is 3.57. The van der Waals surface area contributed by atoms with Crippen LogP contribution in [0.15, 0.2) is 0 Å². The molecule has 72 valence electrons. The van der Waals surface area contributed by atoms with Gasteiger partial charge in [-0.3, -0.25) is 4.79 Å². The van der Waals surface area contributed by atoms with Crippen LogP contribution in [0.2, 0.25) is 0 Å². The molecule has 0 atom stereocenters. The van der Waals surface area contributed by atoms with Crippen LogP contribution < -0.4 is 5.32 Å². The summed E-state index contributed by atoms with van der Waals surface area (Å²) in [6.07, 6.45) is 2.03. The molecule has 0 aromatic rings. The van der Waals surface area contributed by atoms with E-state index in [9.17, 15) is 4.79 Å². The van der Waals surface area contributed by atoms with Crippen molar-refractivity contribution < 1.29 is 9.53 Å². The van der Waals surface area contributed by atoms with E-state index in [-0.39, 0.29) is 5.91 Å². The molecule has 1 N–H and O–H groups in total. The first-order chi connectivity index (χ1) is 5.77. The number of rotatable bonds is 7. The van der Waals surface area contributed by atoms with E-state index in [4.69, 9.17) is 4.74 Å². The fraction of sp³-hybridized carbons (Fsp3) is 0.875. The number of hydrogen-bond acceptors (Lipinski definition) is 2. The lowest BCUT2D eigenvalue weighted by Gasteiger charge is -2.02. The second kappa shape index (κ2) is 9.25. The molecule has 0 aromatic heterocycles. The first-order valence-electron chi connectivity index (χ1n) is 4.15. The quantitative estimate of drug-likeness (QED) is 0.436. The van der Waals surface area contributed by atoms with Gasteiger partial charge in [0, 0.05) is 24.5 Å². The molecule has 0 fully saturated rings. The molecule has 0 aliphatic rings. The summed E-state index contributed by atoms with van der Waals surface area (Å²) in [6.45, 7) is 3.94. The van der Waals surface area contributed by atoms with Gasteiger partial charge in [0.2, 0.25) is 5.91 Å². The van der Waals surface area contributed by atoms with Crippen LogP contribution in [0.25, 0.3) is 0 Å². The van der Waals surface area contributed by atoms with E-state index < -0.39 is 0 Å². The van der Waals surface area contributed by atoms with E-state index >= 15 is 0 Å². The van der Waals surface area contributed by atoms with Crippen LogP contribution in [0.1, 0.15) is 19.8 Å². The third kappa shape index (κ3) is 10.2. The van der Waals surface area contributed by atoms with Crippen LogP contribution in [-0.2, 0) is 9.53 Å². The predicted octanol–water partition coefficient (Wildman–Crippen LogP) is 1.35. The minimum Gasteiger partial charge on any atom is -0.381 e. The van der Waals surface area contributed by atoms with E-state index in [2.05, 4.69) is 27.9 Å². The molecule has 1 amide bonds. The summed E-state index contributed by atoms with van der Waals surface area (Å²) in [7, 11) is 0. The standard InChI is InChI=1S/C8H16INO2/c1-8(11)10-5-2-3-6-12-7-4-9/h2-7H2,1H3,(H,10,11). The van der Waals surface area contributed by atoms with Gasteiger partial charge in [-0.1, -0.05) is 22.6 Å². The molecule has 0 rings (SSSR count). The lowest BCUT2D eigenvalue weighted by Crippen LogP contribution is -2.21. The van der Waals surface area contributed by atoms with Crippen molar-refractivity contribution in [3.8, 4) is 0 Å². The van der Waals surface area contributed by atoms with Gasteiger partial charge in [0.15, 0.2) is 0 Å². The molecule has 0 aromatic carbocycles. The SMILES string of the molecule is CC(=O)NCCCCOCCI. The summed E-state index contributed by atoms with van der Waals surface area (Å²) < 4.78 is 6.31. The zero-order chi connectivity index (χ0) is 9.23. The van der Waals surface area contributed by atoms with Crippen LogP contribution in [0.5, 0.6) is 0 Å². The number of nitrogens with one attached hydrogen (secondary N) is 1. The first-order valence-corrected chi connectivity index (χ1v) is 5.68. The lowest BCUT2D eigenvalue weighted by molar-refractivity contribution is -0.118. The van der Waals surface area contributed by atoms with Gasteiger partial charge in [-0.2, -0.15) is 0 Å². The fourth-order valence-corrected chi connectivity index (χ4v) is 1.06. The highest BCUT2D eigenvalue weighted by Crippen LogP contribution is 1.90. The molecule has 0 saturated heterocycles. The highest BCUT2D eigenvalue weighted by Gasteiger charge is 1.91. The molecule has 0 heterocycles. The molecular weight excluding hydrogens is 269 g/mol. The zero-order valence-corrected chi connectivity index (χ0v) is 9.59. The van der Waals surface area contributed by atoms with Crippen molar-refractivity contribution >= 4 is 28.5 Å². The Balaban J connectivity index is 2.86. The maximum atomic E-state index is 10.4. The molecule has 12 heavy (non-hydrogen) atoms. The van der Waals surface area contributed by atoms with E-state index in [1.807, 2.05) is 0 Å². The van der Waals surface area contributed by atoms with E-state index in [0.29, 0.717) is 0 Å². The maximum absolute atomic E-state index is 10.4. The molecule has 3 nitrogen and oxygen atoms in total. The predicted molar refractivity (Wildman–Crippen MR) is 57.6 cm³/mol. The maximum Gasteiger partial charge on any atom is 0.216 e. The molecule has 0 aliphatic carbocycles. The summed E-state index contributed by atoms with van der Waals surface area (Å²) in [4.78, 5) is 10.4. The van der Waals surface area contributed by atoms with Crippen molar-refractivity contribution in [3.05, 3.63) is 0 Å². The highest BCUT2D eigenvalue weighted by molar-refractivity contribution is 14.1. The second-order valence-electron chi connectivity index (χ2n) is 2.49. The van der Waals surface area contributed by atoms with Gasteiger partial charge in [-0.25, -0.2) is 0 Å². The van der Waals surface area contributed by atoms with Crippen molar-refractivity contribution in [3.63, 3.8) is 0 Å². The number of halogens is 1. The number of carbonyl (C=O) groups is 1. The summed E-state index contributed by atoms with van der Waals surface area (Å²) in [6, 6.07) is 0. The third-order valence-electron chi connectivity index (χ3n) is 1.31. The van der Waals surface area contributed by atoms with Gasteiger partial charge in [-0.05, 0) is 12.8 Å². The number of hydrogen-bond donors (Lipinski definition) is 1. The summed E-state index contributed by atoms with van der Waals surface area (Å²) >= 11 is 2.28. The Bertz CT molecular complexity index is 120. The Labute approximate surface area is 87.4 Å². The molecular formula is C8H16INO2. The molecule has 4 heteroatoms. The Morgan fingerprint density at radius 1 is 1.42 bits per heavy atom. The zero-order valence-electron chi connectivity index (χ0n) is 7.44. The van der Waals surface area contributed by atoms with Gasteiger partial charge in [0.05, 0.1) is 6.61 Å². The van der Waals surface area contributed by atoms with Crippen molar-refractivity contribution in [2.75, 3.05) is 24.2 Å². The molecule has 0 saturated carbocycles. The molecule has 0 aliphatic heterocycles. The van der Waals surface area contributed by atoms with Crippen LogP contribution in [0.3, 0.4) is 0 Å². The normalized spacial score (nSPS) is 9.83. The third-order valence-corrected chi connectivity index (χ3v) is 1.75. The number of amides is 1.